The Labute approximate surface area is 389 Å². The van der Waals surface area contributed by atoms with Gasteiger partial charge in [0.2, 0.25) is 11.2 Å². The number of piperidine rings is 1. The van der Waals surface area contributed by atoms with E-state index in [1.807, 2.05) is 36.4 Å². The van der Waals surface area contributed by atoms with Crippen LogP contribution in [0.2, 0.25) is 0 Å². The maximum Gasteiger partial charge on any atom is 0.347 e. The van der Waals surface area contributed by atoms with E-state index >= 15 is 0 Å². The molecule has 5 aromatic carbocycles. The van der Waals surface area contributed by atoms with Gasteiger partial charge in [-0.25, -0.2) is 4.79 Å². The molecule has 8 rings (SSSR count). The van der Waals surface area contributed by atoms with E-state index in [9.17, 15) is 34.5 Å². The van der Waals surface area contributed by atoms with E-state index < -0.39 is 17.7 Å². The summed E-state index contributed by atoms with van der Waals surface area (Å²) >= 11 is 0. The predicted molar refractivity (Wildman–Crippen MR) is 253 cm³/mol. The number of phenols is 1. The van der Waals surface area contributed by atoms with E-state index in [1.54, 1.807) is 72.8 Å². The number of esters is 1. The van der Waals surface area contributed by atoms with E-state index in [2.05, 4.69) is 38.0 Å². The van der Waals surface area contributed by atoms with Crippen molar-refractivity contribution in [1.82, 2.24) is 25.8 Å². The average Bonchev–Trinajstić information content (AvgIpc) is 3.34. The minimum absolute atomic E-state index is 0.0626. The van der Waals surface area contributed by atoms with Crippen LogP contribution in [0.1, 0.15) is 70.0 Å². The first-order valence-electron chi connectivity index (χ1n) is 22.9. The second kappa shape index (κ2) is 21.6. The minimum atomic E-state index is -2.10. The maximum absolute atomic E-state index is 13.8. The lowest BCUT2D eigenvalue weighted by Gasteiger charge is -2.36. The first-order valence-corrected chi connectivity index (χ1v) is 22.9. The lowest BCUT2D eigenvalue weighted by atomic mass is 9.86. The third-order valence-corrected chi connectivity index (χ3v) is 12.8. The van der Waals surface area contributed by atoms with Crippen LogP contribution >= 0.6 is 0 Å². The topological polar surface area (TPSA) is 203 Å². The Morgan fingerprint density at radius 1 is 0.791 bits per heavy atom. The molecule has 2 aliphatic rings. The predicted octanol–water partition coefficient (Wildman–Crippen LogP) is 5.25. The van der Waals surface area contributed by atoms with Gasteiger partial charge in [-0.3, -0.25) is 19.3 Å². The number of amides is 2. The van der Waals surface area contributed by atoms with Gasteiger partial charge in [0.05, 0.1) is 18.2 Å². The number of benzene rings is 5. The summed E-state index contributed by atoms with van der Waals surface area (Å²) < 4.78 is 11.7. The molecule has 14 nitrogen and oxygen atoms in total. The number of carbonyl (C=O) groups is 3. The molecule has 0 bridgehead atoms. The van der Waals surface area contributed by atoms with Gasteiger partial charge in [0.1, 0.15) is 11.5 Å². The Balaban J connectivity index is 0.751. The average molecular weight is 908 g/mol. The zero-order valence-corrected chi connectivity index (χ0v) is 37.2. The van der Waals surface area contributed by atoms with Crippen molar-refractivity contribution in [3.8, 4) is 11.5 Å². The first kappa shape index (κ1) is 46.7. The normalized spacial score (nSPS) is 17.7. The molecule has 7 N–H and O–H groups in total. The van der Waals surface area contributed by atoms with Crippen molar-refractivity contribution in [2.45, 2.75) is 62.4 Å². The van der Waals surface area contributed by atoms with Gasteiger partial charge >= 0.3 is 5.97 Å². The Hall–Kier alpha value is -6.84. The molecular weight excluding hydrogens is 851 g/mol. The Morgan fingerprint density at radius 3 is 2.24 bits per heavy atom. The highest BCUT2D eigenvalue weighted by Gasteiger charge is 2.42. The molecule has 2 amide bonds. The molecule has 14 heteroatoms. The Morgan fingerprint density at radius 2 is 1.49 bits per heavy atom. The smallest absolute Gasteiger partial charge is 0.347 e. The first-order chi connectivity index (χ1) is 32.5. The second-order valence-electron chi connectivity index (χ2n) is 17.6. The summed E-state index contributed by atoms with van der Waals surface area (Å²) in [5, 5.41) is 42.9. The number of hydrogen-bond acceptors (Lipinski definition) is 11. The zero-order chi connectivity index (χ0) is 46.8. The van der Waals surface area contributed by atoms with Gasteiger partial charge in [0.25, 0.3) is 11.8 Å². The van der Waals surface area contributed by atoms with Gasteiger partial charge in [-0.1, -0.05) is 91.0 Å². The fourth-order valence-electron chi connectivity index (χ4n) is 8.84. The highest BCUT2D eigenvalue weighted by atomic mass is 16.5. The third-order valence-electron chi connectivity index (χ3n) is 12.8. The van der Waals surface area contributed by atoms with E-state index in [0.717, 1.165) is 38.0 Å². The van der Waals surface area contributed by atoms with Gasteiger partial charge in [-0.05, 0) is 116 Å². The summed E-state index contributed by atoms with van der Waals surface area (Å²) in [6.07, 6.45) is 2.71. The van der Waals surface area contributed by atoms with Crippen LogP contribution in [0.25, 0.3) is 10.9 Å². The van der Waals surface area contributed by atoms with Crippen LogP contribution < -0.4 is 26.2 Å². The van der Waals surface area contributed by atoms with E-state index in [0.29, 0.717) is 53.6 Å². The number of hydrogen-bond donors (Lipinski definition) is 7. The molecule has 2 fully saturated rings. The number of aromatic amines is 1. The molecule has 0 radical (unpaired) electrons. The maximum atomic E-state index is 13.8. The van der Waals surface area contributed by atoms with Gasteiger partial charge < -0.3 is 45.7 Å². The molecule has 0 spiro atoms. The number of H-pyrrole nitrogens is 1. The number of nitrogens with one attached hydrogen (secondary N) is 4. The summed E-state index contributed by atoms with van der Waals surface area (Å²) in [6.45, 7) is 3.44. The molecule has 67 heavy (non-hydrogen) atoms. The quantitative estimate of drug-likeness (QED) is 0.0414. The summed E-state index contributed by atoms with van der Waals surface area (Å²) in [6, 6.07) is 38.7. The number of aromatic hydroxyl groups is 1. The summed E-state index contributed by atoms with van der Waals surface area (Å²) in [5.41, 5.74) is 1.86. The minimum Gasteiger partial charge on any atom is -0.506 e. The number of ether oxygens (including phenoxy) is 2. The van der Waals surface area contributed by atoms with Gasteiger partial charge in [-0.2, -0.15) is 0 Å². The van der Waals surface area contributed by atoms with Crippen LogP contribution in [0, 0.1) is 5.92 Å². The Bertz CT molecular complexity index is 2680. The lowest BCUT2D eigenvalue weighted by molar-refractivity contribution is -0.164. The monoisotopic (exact) mass is 907 g/mol. The number of nitrogens with zero attached hydrogens (tertiary/aromatic N) is 1. The molecule has 1 aliphatic heterocycles. The number of aliphatic hydroxyl groups is 2. The van der Waals surface area contributed by atoms with Crippen molar-refractivity contribution in [1.29, 1.82) is 0 Å². The Kier molecular flexibility index (Phi) is 15.1. The van der Waals surface area contributed by atoms with Crippen LogP contribution in [0.3, 0.4) is 0 Å². The largest absolute Gasteiger partial charge is 0.506 e. The highest BCUT2D eigenvalue weighted by Crippen LogP contribution is 2.34. The van der Waals surface area contributed by atoms with Gasteiger partial charge in [-0.15, -0.1) is 0 Å². The molecular formula is C53H57N5O9. The lowest BCUT2D eigenvalue weighted by Crippen LogP contribution is -2.54. The molecule has 1 saturated heterocycles. The molecule has 348 valence electrons. The van der Waals surface area contributed by atoms with Crippen molar-refractivity contribution in [3.63, 3.8) is 0 Å². The number of rotatable bonds is 19. The fourth-order valence-corrected chi connectivity index (χ4v) is 8.84. The number of likely N-dealkylation sites (tertiary alicyclic amines) is 1. The molecule has 2 heterocycles. The van der Waals surface area contributed by atoms with E-state index in [4.69, 9.17) is 9.47 Å². The third kappa shape index (κ3) is 11.8. The van der Waals surface area contributed by atoms with Gasteiger partial charge in [0, 0.05) is 47.8 Å². The number of phenolic OH excluding ortho intramolecular Hbond substituents is 1. The van der Waals surface area contributed by atoms with Crippen LogP contribution in [0.5, 0.6) is 11.5 Å². The van der Waals surface area contributed by atoms with Gasteiger partial charge in [0.15, 0.2) is 6.61 Å². The summed E-state index contributed by atoms with van der Waals surface area (Å²) in [5.74, 6) is -0.886. The molecule has 2 atom stereocenters. The van der Waals surface area contributed by atoms with E-state index in [-0.39, 0.29) is 72.0 Å². The molecule has 0 unspecified atom stereocenters. The molecule has 1 aliphatic carbocycles. The highest BCUT2D eigenvalue weighted by molar-refractivity contribution is 5.94. The molecule has 6 aromatic rings. The SMILES string of the molecule is O=C(COc1cccc([C@](O)(C(=O)OCC2CCN(Cc3ccccc3)CC2)c2ccccc2)c1)N[C@H]1C[C@H](NC(=O)c2ccc(CCNC[C@H](O)c3ccc(O)c4[nH]c(=O)ccc34)cc2)C1. The fraction of sp³-hybridized carbons (Fsp3) is 0.321. The van der Waals surface area contributed by atoms with Crippen molar-refractivity contribution in [2.75, 3.05) is 39.4 Å². The van der Waals surface area contributed by atoms with Crippen LogP contribution in [0.4, 0.5) is 0 Å². The number of pyridine rings is 1. The standard InChI is InChI=1S/C53H57N5O9/c59-46-20-18-44(45-19-21-48(61)57-50(45)46)47(60)31-54-25-22-35-14-16-38(17-15-35)51(63)56-42-29-41(30-42)55-49(62)34-66-43-13-7-12-40(28-43)53(65,39-10-5-2-6-11-39)52(64)67-33-37-23-26-58(27-24-37)32-36-8-3-1-4-9-36/h1-21,28,37,41-42,47,54,59-60,65H,22-27,29-34H2,(H,55,62)(H,56,63)(H,57,61)/t41-,42-,47-,53-/m0/s1. The second-order valence-corrected chi connectivity index (χ2v) is 17.6. The van der Waals surface area contributed by atoms with Crippen LogP contribution in [-0.2, 0) is 32.9 Å². The number of aromatic nitrogens is 1. The van der Waals surface area contributed by atoms with Crippen LogP contribution in [-0.4, -0.2) is 94.5 Å². The van der Waals surface area contributed by atoms with Crippen molar-refractivity contribution in [2.24, 2.45) is 5.92 Å². The number of aliphatic hydroxyl groups excluding tert-OH is 1. The number of carbonyl (C=O) groups excluding carboxylic acids is 3. The molecule has 1 aromatic heterocycles. The zero-order valence-electron chi connectivity index (χ0n) is 37.2. The van der Waals surface area contributed by atoms with Crippen molar-refractivity contribution in [3.05, 3.63) is 177 Å². The van der Waals surface area contributed by atoms with Crippen LogP contribution in [0.15, 0.2) is 138 Å². The summed E-state index contributed by atoms with van der Waals surface area (Å²) in [4.78, 5) is 56.5. The summed E-state index contributed by atoms with van der Waals surface area (Å²) in [7, 11) is 0. The van der Waals surface area contributed by atoms with E-state index in [1.165, 1.54) is 17.7 Å². The van der Waals surface area contributed by atoms with Crippen molar-refractivity contribution >= 4 is 28.7 Å². The van der Waals surface area contributed by atoms with Crippen molar-refractivity contribution < 1.29 is 39.2 Å². The number of fused-ring (bicyclic) bond motifs is 1. The molecule has 1 saturated carbocycles.